The topological polar surface area (TPSA) is 86.8 Å². The summed E-state index contributed by atoms with van der Waals surface area (Å²) in [6.45, 7) is 2.79. The smallest absolute Gasteiger partial charge is 0.239 e. The molecule has 1 aliphatic rings. The number of carbonyl (C=O) groups is 1. The van der Waals surface area contributed by atoms with Gasteiger partial charge in [-0.3, -0.25) is 4.79 Å². The zero-order valence-corrected chi connectivity index (χ0v) is 9.09. The normalized spacial score (nSPS) is 23.5. The van der Waals surface area contributed by atoms with E-state index in [1.165, 1.54) is 0 Å². The molecule has 1 unspecified atom stereocenters. The van der Waals surface area contributed by atoms with E-state index < -0.39 is 12.3 Å². The van der Waals surface area contributed by atoms with Gasteiger partial charge in [-0.1, -0.05) is 0 Å². The minimum atomic E-state index is -1.38. The monoisotopic (exact) mass is 216 g/mol. The molecule has 15 heavy (non-hydrogen) atoms. The molecule has 5 nitrogen and oxygen atoms in total. The van der Waals surface area contributed by atoms with Crippen LogP contribution in [0.2, 0.25) is 0 Å². The second-order valence-electron chi connectivity index (χ2n) is 4.19. The molecule has 0 spiro atoms. The van der Waals surface area contributed by atoms with Crippen molar-refractivity contribution in [2.75, 3.05) is 6.54 Å². The molecule has 0 saturated carbocycles. The molecule has 88 valence electrons. The number of rotatable bonds is 4. The van der Waals surface area contributed by atoms with Gasteiger partial charge < -0.3 is 20.8 Å². The third-order valence-electron chi connectivity index (χ3n) is 2.89. The first kappa shape index (κ1) is 12.4. The fourth-order valence-corrected chi connectivity index (χ4v) is 1.93. The summed E-state index contributed by atoms with van der Waals surface area (Å²) in [6.07, 6.45) is 1.15. The number of nitrogens with zero attached hydrogens (tertiary/aromatic N) is 1. The minimum Gasteiger partial charge on any atom is -0.368 e. The molecule has 0 aliphatic carbocycles. The Balaban J connectivity index is 2.38. The Hall–Kier alpha value is -0.650. The van der Waals surface area contributed by atoms with Crippen molar-refractivity contribution in [3.05, 3.63) is 0 Å². The summed E-state index contributed by atoms with van der Waals surface area (Å²) in [5.41, 5.74) is 5.69. The average molecular weight is 216 g/mol. The SMILES string of the molecule is CC1CCCN1C(=O)[C@@H](N)CCC(O)O. The predicted octanol–water partition coefficient (Wildman–Crippen LogP) is -0.584. The van der Waals surface area contributed by atoms with Crippen LogP contribution in [-0.2, 0) is 4.79 Å². The molecule has 0 radical (unpaired) electrons. The molecule has 0 aromatic rings. The van der Waals surface area contributed by atoms with Crippen LogP contribution in [0.5, 0.6) is 0 Å². The minimum absolute atomic E-state index is 0.0688. The summed E-state index contributed by atoms with van der Waals surface area (Å²) in [6, 6.07) is -0.338. The van der Waals surface area contributed by atoms with Gasteiger partial charge in [-0.05, 0) is 32.6 Å². The number of aliphatic hydroxyl groups is 2. The fraction of sp³-hybridized carbons (Fsp3) is 0.900. The number of likely N-dealkylation sites (tertiary alicyclic amines) is 1. The summed E-state index contributed by atoms with van der Waals surface area (Å²) in [4.78, 5) is 13.6. The largest absolute Gasteiger partial charge is 0.368 e. The van der Waals surface area contributed by atoms with Crippen LogP contribution in [0, 0.1) is 0 Å². The number of hydrogen-bond donors (Lipinski definition) is 3. The van der Waals surface area contributed by atoms with Gasteiger partial charge in [0.25, 0.3) is 0 Å². The van der Waals surface area contributed by atoms with E-state index in [-0.39, 0.29) is 18.4 Å². The molecule has 1 amide bonds. The molecule has 0 bridgehead atoms. The van der Waals surface area contributed by atoms with E-state index >= 15 is 0 Å². The van der Waals surface area contributed by atoms with Crippen LogP contribution in [0.3, 0.4) is 0 Å². The lowest BCUT2D eigenvalue weighted by Crippen LogP contribution is -2.45. The number of carbonyl (C=O) groups excluding carboxylic acids is 1. The molecule has 1 fully saturated rings. The zero-order valence-electron chi connectivity index (χ0n) is 9.09. The van der Waals surface area contributed by atoms with Gasteiger partial charge in [-0.2, -0.15) is 0 Å². The van der Waals surface area contributed by atoms with Crippen molar-refractivity contribution in [1.29, 1.82) is 0 Å². The van der Waals surface area contributed by atoms with Crippen LogP contribution < -0.4 is 5.73 Å². The molecule has 1 heterocycles. The quantitative estimate of drug-likeness (QED) is 0.548. The summed E-state index contributed by atoms with van der Waals surface area (Å²) in [7, 11) is 0. The molecular formula is C10H20N2O3. The number of amides is 1. The average Bonchev–Trinajstić information content (AvgIpc) is 2.59. The Labute approximate surface area is 89.9 Å². The summed E-state index contributed by atoms with van der Waals surface area (Å²) in [5.74, 6) is -0.0688. The van der Waals surface area contributed by atoms with E-state index in [0.29, 0.717) is 6.42 Å². The van der Waals surface area contributed by atoms with Gasteiger partial charge in [0.05, 0.1) is 6.04 Å². The van der Waals surface area contributed by atoms with Crippen LogP contribution in [0.25, 0.3) is 0 Å². The lowest BCUT2D eigenvalue weighted by Gasteiger charge is -2.25. The molecule has 1 saturated heterocycles. The van der Waals surface area contributed by atoms with Crippen molar-refractivity contribution in [2.24, 2.45) is 5.73 Å². The summed E-state index contributed by atoms with van der Waals surface area (Å²) in [5, 5.41) is 17.4. The van der Waals surface area contributed by atoms with E-state index in [0.717, 1.165) is 19.4 Å². The number of hydrogen-bond acceptors (Lipinski definition) is 4. The molecule has 1 rings (SSSR count). The van der Waals surface area contributed by atoms with Crippen molar-refractivity contribution in [3.63, 3.8) is 0 Å². The van der Waals surface area contributed by atoms with Gasteiger partial charge in [-0.15, -0.1) is 0 Å². The highest BCUT2D eigenvalue weighted by Crippen LogP contribution is 2.17. The van der Waals surface area contributed by atoms with Gasteiger partial charge in [0.15, 0.2) is 6.29 Å². The van der Waals surface area contributed by atoms with E-state index in [4.69, 9.17) is 15.9 Å². The summed E-state index contributed by atoms with van der Waals surface area (Å²) < 4.78 is 0. The van der Waals surface area contributed by atoms with Crippen LogP contribution in [-0.4, -0.2) is 45.9 Å². The molecule has 5 heteroatoms. The van der Waals surface area contributed by atoms with Crippen molar-refractivity contribution in [3.8, 4) is 0 Å². The molecular weight excluding hydrogens is 196 g/mol. The fourth-order valence-electron chi connectivity index (χ4n) is 1.93. The lowest BCUT2D eigenvalue weighted by molar-refractivity contribution is -0.133. The van der Waals surface area contributed by atoms with E-state index in [2.05, 4.69) is 0 Å². The maximum absolute atomic E-state index is 11.8. The van der Waals surface area contributed by atoms with Crippen LogP contribution in [0.15, 0.2) is 0 Å². The van der Waals surface area contributed by atoms with Crippen LogP contribution in [0.4, 0.5) is 0 Å². The molecule has 0 aromatic heterocycles. The highest BCUT2D eigenvalue weighted by molar-refractivity contribution is 5.82. The Kier molecular flexibility index (Phi) is 4.50. The van der Waals surface area contributed by atoms with Gasteiger partial charge in [0.2, 0.25) is 5.91 Å². The van der Waals surface area contributed by atoms with Crippen molar-refractivity contribution in [2.45, 2.75) is 51.0 Å². The van der Waals surface area contributed by atoms with Crippen molar-refractivity contribution < 1.29 is 15.0 Å². The maximum Gasteiger partial charge on any atom is 0.239 e. The third-order valence-corrected chi connectivity index (χ3v) is 2.89. The lowest BCUT2D eigenvalue weighted by atomic mass is 10.1. The molecule has 0 aromatic carbocycles. The Morgan fingerprint density at radius 2 is 2.20 bits per heavy atom. The van der Waals surface area contributed by atoms with E-state index in [1.807, 2.05) is 6.92 Å². The highest BCUT2D eigenvalue weighted by Gasteiger charge is 2.28. The first-order valence-electron chi connectivity index (χ1n) is 5.44. The highest BCUT2D eigenvalue weighted by atomic mass is 16.5. The van der Waals surface area contributed by atoms with Gasteiger partial charge in [-0.25, -0.2) is 0 Å². The van der Waals surface area contributed by atoms with E-state index in [9.17, 15) is 4.79 Å². The van der Waals surface area contributed by atoms with Crippen molar-refractivity contribution >= 4 is 5.91 Å². The number of aliphatic hydroxyl groups excluding tert-OH is 1. The van der Waals surface area contributed by atoms with Crippen LogP contribution >= 0.6 is 0 Å². The first-order valence-corrected chi connectivity index (χ1v) is 5.44. The standard InChI is InChI=1S/C10H20N2O3/c1-7-3-2-6-12(7)10(15)8(11)4-5-9(13)14/h7-9,13-14H,2-6,11H2,1H3/t7?,8-/m0/s1. The van der Waals surface area contributed by atoms with Gasteiger partial charge in [0, 0.05) is 12.6 Å². The molecule has 4 N–H and O–H groups in total. The Morgan fingerprint density at radius 3 is 2.67 bits per heavy atom. The Bertz CT molecular complexity index is 221. The predicted molar refractivity (Wildman–Crippen MR) is 55.8 cm³/mol. The van der Waals surface area contributed by atoms with Crippen LogP contribution in [0.1, 0.15) is 32.6 Å². The second kappa shape index (κ2) is 5.44. The number of nitrogens with two attached hydrogens (primary N) is 1. The molecule has 2 atom stereocenters. The molecule has 1 aliphatic heterocycles. The maximum atomic E-state index is 11.8. The third kappa shape index (κ3) is 3.44. The summed E-state index contributed by atoms with van der Waals surface area (Å²) >= 11 is 0. The first-order chi connectivity index (χ1) is 7.02. The van der Waals surface area contributed by atoms with Crippen molar-refractivity contribution in [1.82, 2.24) is 4.90 Å². The van der Waals surface area contributed by atoms with Gasteiger partial charge >= 0.3 is 0 Å². The van der Waals surface area contributed by atoms with Gasteiger partial charge in [0.1, 0.15) is 0 Å². The Morgan fingerprint density at radius 1 is 1.53 bits per heavy atom. The van der Waals surface area contributed by atoms with E-state index in [1.54, 1.807) is 4.90 Å². The zero-order chi connectivity index (χ0) is 11.4. The second-order valence-corrected chi connectivity index (χ2v) is 4.19.